The van der Waals surface area contributed by atoms with Crippen LogP contribution in [0.3, 0.4) is 0 Å². The summed E-state index contributed by atoms with van der Waals surface area (Å²) in [6.07, 6.45) is -0.0142. The van der Waals surface area contributed by atoms with E-state index in [4.69, 9.17) is 13.3 Å². The van der Waals surface area contributed by atoms with E-state index < -0.39 is 15.7 Å². The van der Waals surface area contributed by atoms with Crippen molar-refractivity contribution in [1.29, 1.82) is 0 Å². The van der Waals surface area contributed by atoms with Crippen molar-refractivity contribution in [2.45, 2.75) is 31.8 Å². The molecule has 136 valence electrons. The van der Waals surface area contributed by atoms with Crippen molar-refractivity contribution in [3.05, 3.63) is 64.5 Å². The Morgan fingerprint density at radius 2 is 1.73 bits per heavy atom. The minimum Gasteiger partial charge on any atom is -0.491 e. The first kappa shape index (κ1) is 18.0. The first-order valence-electron chi connectivity index (χ1n) is 8.00. The van der Waals surface area contributed by atoms with Crippen LogP contribution in [0.4, 0.5) is 0 Å². The summed E-state index contributed by atoms with van der Waals surface area (Å²) in [6, 6.07) is 11.9. The fraction of sp³-hybridized carbons (Fsp3) is 0.211. The van der Waals surface area contributed by atoms with Crippen molar-refractivity contribution in [3.63, 3.8) is 0 Å². The van der Waals surface area contributed by atoms with Crippen molar-refractivity contribution in [1.82, 2.24) is 0 Å². The first-order chi connectivity index (χ1) is 12.2. The lowest BCUT2D eigenvalue weighted by Gasteiger charge is -2.13. The van der Waals surface area contributed by atoms with Crippen LogP contribution in [0.25, 0.3) is 11.0 Å². The number of fused-ring (bicyclic) bond motifs is 1. The van der Waals surface area contributed by atoms with E-state index in [1.807, 2.05) is 13.8 Å². The van der Waals surface area contributed by atoms with Gasteiger partial charge in [-0.15, -0.1) is 0 Å². The van der Waals surface area contributed by atoms with E-state index in [9.17, 15) is 13.2 Å². The van der Waals surface area contributed by atoms with Crippen LogP contribution in [0.5, 0.6) is 11.5 Å². The topological polar surface area (TPSA) is 82.8 Å². The Hall–Kier alpha value is -2.80. The van der Waals surface area contributed by atoms with Crippen molar-refractivity contribution in [2.24, 2.45) is 0 Å². The molecule has 0 amide bonds. The molecule has 3 rings (SSSR count). The summed E-state index contributed by atoms with van der Waals surface area (Å²) < 4.78 is 40.9. The molecule has 1 aromatic heterocycles. The highest BCUT2D eigenvalue weighted by Crippen LogP contribution is 2.26. The third-order valence-electron chi connectivity index (χ3n) is 3.60. The maximum atomic E-state index is 12.5. The minimum atomic E-state index is -4.04. The van der Waals surface area contributed by atoms with Crippen LogP contribution in [0.1, 0.15) is 19.4 Å². The molecule has 7 heteroatoms. The predicted octanol–water partition coefficient (Wildman–Crippen LogP) is 3.66. The summed E-state index contributed by atoms with van der Waals surface area (Å²) in [4.78, 5) is 11.3. The zero-order valence-corrected chi connectivity index (χ0v) is 15.4. The zero-order valence-electron chi connectivity index (χ0n) is 14.6. The summed E-state index contributed by atoms with van der Waals surface area (Å²) in [5.74, 6) is 0.679. The first-order valence-corrected chi connectivity index (χ1v) is 9.41. The smallest absolute Gasteiger partial charge is 0.339 e. The second-order valence-electron chi connectivity index (χ2n) is 6.09. The number of benzene rings is 2. The Morgan fingerprint density at radius 1 is 1.00 bits per heavy atom. The number of aryl methyl sites for hydroxylation is 1. The Balaban J connectivity index is 1.91. The van der Waals surface area contributed by atoms with Gasteiger partial charge in [0.25, 0.3) is 0 Å². The molecule has 0 unspecified atom stereocenters. The Labute approximate surface area is 151 Å². The molecule has 0 radical (unpaired) electrons. The molecule has 0 atom stereocenters. The van der Waals surface area contributed by atoms with Crippen LogP contribution in [0.15, 0.2) is 62.6 Å². The highest BCUT2D eigenvalue weighted by molar-refractivity contribution is 7.87. The molecule has 1 heterocycles. The van der Waals surface area contributed by atoms with Gasteiger partial charge < -0.3 is 13.3 Å². The molecule has 26 heavy (non-hydrogen) atoms. The van der Waals surface area contributed by atoms with Crippen molar-refractivity contribution >= 4 is 21.1 Å². The van der Waals surface area contributed by atoms with Gasteiger partial charge in [-0.25, -0.2) is 4.79 Å². The lowest BCUT2D eigenvalue weighted by atomic mass is 10.2. The van der Waals surface area contributed by atoms with Crippen LogP contribution in [-0.2, 0) is 10.1 Å². The normalized spacial score (nSPS) is 11.7. The second kappa shape index (κ2) is 6.84. The largest absolute Gasteiger partial charge is 0.491 e. The van der Waals surface area contributed by atoms with Gasteiger partial charge in [-0.3, -0.25) is 0 Å². The summed E-state index contributed by atoms with van der Waals surface area (Å²) in [5, 5.41) is 0.667. The number of rotatable bonds is 5. The van der Waals surface area contributed by atoms with Gasteiger partial charge in [0, 0.05) is 17.5 Å². The van der Waals surface area contributed by atoms with E-state index in [-0.39, 0.29) is 22.3 Å². The minimum absolute atomic E-state index is 0.0142. The summed E-state index contributed by atoms with van der Waals surface area (Å²) in [5.41, 5.74) is 0.420. The molecule has 0 N–H and O–H groups in total. The third-order valence-corrected chi connectivity index (χ3v) is 4.84. The van der Waals surface area contributed by atoms with Crippen molar-refractivity contribution in [2.75, 3.05) is 0 Å². The average Bonchev–Trinajstić information content (AvgIpc) is 2.55. The van der Waals surface area contributed by atoms with Crippen molar-refractivity contribution in [3.8, 4) is 11.5 Å². The van der Waals surface area contributed by atoms with Crippen molar-refractivity contribution < 1.29 is 21.8 Å². The van der Waals surface area contributed by atoms with E-state index >= 15 is 0 Å². The summed E-state index contributed by atoms with van der Waals surface area (Å²) in [6.45, 7) is 5.55. The third kappa shape index (κ3) is 3.88. The monoisotopic (exact) mass is 374 g/mol. The molecule has 0 saturated heterocycles. The van der Waals surface area contributed by atoms with Gasteiger partial charge in [0.05, 0.1) is 6.10 Å². The molecule has 0 bridgehead atoms. The van der Waals surface area contributed by atoms with Gasteiger partial charge in [-0.2, -0.15) is 8.42 Å². The Morgan fingerprint density at radius 3 is 2.42 bits per heavy atom. The fourth-order valence-electron chi connectivity index (χ4n) is 2.43. The lowest BCUT2D eigenvalue weighted by Crippen LogP contribution is -2.11. The SMILES string of the molecule is Cc1cc(S(=O)(=O)Oc2ccc3ccc(=O)oc3c2)ccc1OC(C)C. The van der Waals surface area contributed by atoms with Gasteiger partial charge >= 0.3 is 15.7 Å². The molecular formula is C19H18O6S. The number of hydrogen-bond acceptors (Lipinski definition) is 6. The second-order valence-corrected chi connectivity index (χ2v) is 7.63. The molecular weight excluding hydrogens is 356 g/mol. The zero-order chi connectivity index (χ0) is 18.9. The van der Waals surface area contributed by atoms with Crippen LogP contribution in [-0.4, -0.2) is 14.5 Å². The Bertz CT molecular complexity index is 1110. The standard InChI is InChI=1S/C19H18O6S/c1-12(2)23-17-8-7-16(10-13(17)3)26(21,22)25-15-6-4-14-5-9-19(20)24-18(14)11-15/h4-12H,1-3H3. The highest BCUT2D eigenvalue weighted by Gasteiger charge is 2.19. The summed E-state index contributed by atoms with van der Waals surface area (Å²) >= 11 is 0. The molecule has 0 saturated carbocycles. The Kier molecular flexibility index (Phi) is 4.73. The maximum Gasteiger partial charge on any atom is 0.339 e. The lowest BCUT2D eigenvalue weighted by molar-refractivity contribution is 0.240. The molecule has 3 aromatic rings. The highest BCUT2D eigenvalue weighted by atomic mass is 32.2. The quantitative estimate of drug-likeness (QED) is 0.501. The molecule has 0 aliphatic rings. The molecule has 0 fully saturated rings. The molecule has 6 nitrogen and oxygen atoms in total. The average molecular weight is 374 g/mol. The van der Waals surface area contributed by atoms with Gasteiger partial charge in [-0.1, -0.05) is 0 Å². The van der Waals surface area contributed by atoms with Gasteiger partial charge in [0.1, 0.15) is 22.0 Å². The molecule has 2 aromatic carbocycles. The van der Waals surface area contributed by atoms with E-state index in [0.29, 0.717) is 16.7 Å². The van der Waals surface area contributed by atoms with Crippen LogP contribution >= 0.6 is 0 Å². The maximum absolute atomic E-state index is 12.5. The van der Waals surface area contributed by atoms with Crippen LogP contribution in [0, 0.1) is 6.92 Å². The van der Waals surface area contributed by atoms with Gasteiger partial charge in [0.2, 0.25) is 0 Å². The number of ether oxygens (including phenoxy) is 1. The number of hydrogen-bond donors (Lipinski definition) is 0. The van der Waals surface area contributed by atoms with Gasteiger partial charge in [-0.05, 0) is 62.7 Å². The molecule has 0 aliphatic heterocycles. The van der Waals surface area contributed by atoms with E-state index in [2.05, 4.69) is 0 Å². The van der Waals surface area contributed by atoms with Crippen LogP contribution < -0.4 is 14.5 Å². The molecule has 0 spiro atoms. The van der Waals surface area contributed by atoms with Crippen LogP contribution in [0.2, 0.25) is 0 Å². The molecule has 0 aliphatic carbocycles. The van der Waals surface area contributed by atoms with E-state index in [0.717, 1.165) is 0 Å². The van der Waals surface area contributed by atoms with Gasteiger partial charge in [0.15, 0.2) is 0 Å². The predicted molar refractivity (Wildman–Crippen MR) is 97.2 cm³/mol. The fourth-order valence-corrected chi connectivity index (χ4v) is 3.44. The van der Waals surface area contributed by atoms with E-state index in [1.165, 1.54) is 30.3 Å². The van der Waals surface area contributed by atoms with E-state index in [1.54, 1.807) is 25.1 Å². The summed E-state index contributed by atoms with van der Waals surface area (Å²) in [7, 11) is -4.04.